The summed E-state index contributed by atoms with van der Waals surface area (Å²) in [7, 11) is 0. The quantitative estimate of drug-likeness (QED) is 0.564. The van der Waals surface area contributed by atoms with Gasteiger partial charge < -0.3 is 25.5 Å². The van der Waals surface area contributed by atoms with Gasteiger partial charge in [-0.2, -0.15) is 0 Å². The predicted octanol–water partition coefficient (Wildman–Crippen LogP) is -0.651. The highest BCUT2D eigenvalue weighted by Crippen LogP contribution is 2.13. The van der Waals surface area contributed by atoms with Crippen molar-refractivity contribution in [1.29, 1.82) is 0 Å². The number of urea groups is 1. The number of carbonyl (C=O) groups is 2. The number of amides is 2. The van der Waals surface area contributed by atoms with Crippen LogP contribution in [0.5, 0.6) is 0 Å². The minimum Gasteiger partial charge on any atom is -0.478 e. The second-order valence-corrected chi connectivity index (χ2v) is 4.24. The number of carboxylic acids is 1. The fraction of sp³-hybridized carbons (Fsp3) is 0.364. The van der Waals surface area contributed by atoms with Crippen molar-refractivity contribution in [2.75, 3.05) is 18.4 Å². The highest BCUT2D eigenvalue weighted by Gasteiger charge is 2.32. The van der Waals surface area contributed by atoms with Crippen LogP contribution in [0.2, 0.25) is 0 Å². The first-order chi connectivity index (χ1) is 8.97. The van der Waals surface area contributed by atoms with E-state index in [1.54, 1.807) is 0 Å². The summed E-state index contributed by atoms with van der Waals surface area (Å²) in [6.07, 6.45) is 0.553. The lowest BCUT2D eigenvalue weighted by Crippen LogP contribution is -2.34. The monoisotopic (exact) mass is 267 g/mol. The molecule has 2 rings (SSSR count). The summed E-state index contributed by atoms with van der Waals surface area (Å²) >= 11 is 0. The fourth-order valence-electron chi connectivity index (χ4n) is 1.76. The van der Waals surface area contributed by atoms with Gasteiger partial charge in [0.05, 0.1) is 42.7 Å². The van der Waals surface area contributed by atoms with Crippen molar-refractivity contribution in [2.24, 2.45) is 0 Å². The number of nitrogens with zero attached hydrogens (tertiary/aromatic N) is 2. The van der Waals surface area contributed by atoms with E-state index in [0.717, 1.165) is 0 Å². The molecule has 1 aromatic rings. The molecule has 1 fully saturated rings. The number of nitrogens with one attached hydrogen (secondary N) is 1. The molecule has 0 radical (unpaired) electrons. The Hall–Kier alpha value is -2.19. The van der Waals surface area contributed by atoms with Crippen molar-refractivity contribution >= 4 is 17.7 Å². The van der Waals surface area contributed by atoms with Crippen molar-refractivity contribution in [2.45, 2.75) is 12.2 Å². The van der Waals surface area contributed by atoms with Crippen molar-refractivity contribution in [3.05, 3.63) is 24.0 Å². The van der Waals surface area contributed by atoms with Crippen molar-refractivity contribution < 1.29 is 24.9 Å². The van der Waals surface area contributed by atoms with E-state index in [1.165, 1.54) is 23.4 Å². The van der Waals surface area contributed by atoms with Gasteiger partial charge >= 0.3 is 12.0 Å². The van der Waals surface area contributed by atoms with Crippen LogP contribution in [0.3, 0.4) is 0 Å². The van der Waals surface area contributed by atoms with Crippen LogP contribution in [0, 0.1) is 0 Å². The van der Waals surface area contributed by atoms with Crippen LogP contribution in [0.15, 0.2) is 18.5 Å². The van der Waals surface area contributed by atoms with Gasteiger partial charge in [0, 0.05) is 6.20 Å². The van der Waals surface area contributed by atoms with Gasteiger partial charge in [-0.1, -0.05) is 0 Å². The maximum Gasteiger partial charge on any atom is 0.337 e. The minimum absolute atomic E-state index is 0.0268. The Morgan fingerprint density at radius 2 is 1.89 bits per heavy atom. The highest BCUT2D eigenvalue weighted by atomic mass is 16.4. The van der Waals surface area contributed by atoms with Crippen LogP contribution in [0.1, 0.15) is 10.4 Å². The lowest BCUT2D eigenvalue weighted by molar-refractivity contribution is 0.0572. The molecule has 0 aliphatic carbocycles. The number of pyridine rings is 1. The van der Waals surface area contributed by atoms with Gasteiger partial charge in [0.25, 0.3) is 0 Å². The van der Waals surface area contributed by atoms with E-state index in [9.17, 15) is 19.8 Å². The molecule has 2 heterocycles. The highest BCUT2D eigenvalue weighted by molar-refractivity contribution is 5.92. The van der Waals surface area contributed by atoms with E-state index in [0.29, 0.717) is 0 Å². The standard InChI is InChI=1S/C11H13N3O5/c15-8-4-14(5-9(8)16)11(19)13-7-1-6(10(17)18)2-12-3-7/h1-3,8-9,15-16H,4-5H2,(H,13,19)(H,17,18). The van der Waals surface area contributed by atoms with E-state index < -0.39 is 24.2 Å². The van der Waals surface area contributed by atoms with Crippen molar-refractivity contribution in [3.63, 3.8) is 0 Å². The summed E-state index contributed by atoms with van der Waals surface area (Å²) in [6, 6.07) is 0.746. The Morgan fingerprint density at radius 3 is 2.47 bits per heavy atom. The van der Waals surface area contributed by atoms with Crippen LogP contribution in [-0.2, 0) is 0 Å². The molecule has 8 nitrogen and oxygen atoms in total. The molecular formula is C11H13N3O5. The number of carboxylic acid groups (broad SMARTS) is 1. The van der Waals surface area contributed by atoms with Gasteiger partial charge in [0.2, 0.25) is 0 Å². The summed E-state index contributed by atoms with van der Waals surface area (Å²) in [5, 5.41) is 29.9. The molecule has 1 saturated heterocycles. The number of β-amino-alcohol motifs (C(OH)–C–C–N with tert-alkyl or cyclic N) is 2. The summed E-state index contributed by atoms with van der Waals surface area (Å²) in [5.74, 6) is -1.14. The number of likely N-dealkylation sites (tertiary alicyclic amines) is 1. The summed E-state index contributed by atoms with van der Waals surface area (Å²) < 4.78 is 0. The predicted molar refractivity (Wildman–Crippen MR) is 63.8 cm³/mol. The Balaban J connectivity index is 2.03. The number of aromatic nitrogens is 1. The van der Waals surface area contributed by atoms with E-state index >= 15 is 0 Å². The van der Waals surface area contributed by atoms with Crippen LogP contribution in [-0.4, -0.2) is 62.5 Å². The van der Waals surface area contributed by atoms with Gasteiger partial charge in [-0.25, -0.2) is 9.59 Å². The van der Waals surface area contributed by atoms with Gasteiger partial charge in [-0.15, -0.1) is 0 Å². The lowest BCUT2D eigenvalue weighted by Gasteiger charge is -2.16. The zero-order valence-corrected chi connectivity index (χ0v) is 9.85. The number of carbonyl (C=O) groups excluding carboxylic acids is 1. The molecular weight excluding hydrogens is 254 g/mol. The summed E-state index contributed by atoms with van der Waals surface area (Å²) in [4.78, 5) is 27.5. The average molecular weight is 267 g/mol. The third kappa shape index (κ3) is 2.98. The third-order valence-electron chi connectivity index (χ3n) is 2.78. The number of hydrogen-bond acceptors (Lipinski definition) is 5. The van der Waals surface area contributed by atoms with E-state index in [1.807, 2.05) is 0 Å². The third-order valence-corrected chi connectivity index (χ3v) is 2.78. The first-order valence-electron chi connectivity index (χ1n) is 5.58. The molecule has 4 N–H and O–H groups in total. The van der Waals surface area contributed by atoms with Gasteiger partial charge in [-0.05, 0) is 6.07 Å². The molecule has 2 amide bonds. The molecule has 102 valence electrons. The molecule has 1 aliphatic rings. The van der Waals surface area contributed by atoms with Crippen molar-refractivity contribution in [1.82, 2.24) is 9.88 Å². The number of hydrogen-bond donors (Lipinski definition) is 4. The number of rotatable bonds is 2. The maximum absolute atomic E-state index is 11.8. The SMILES string of the molecule is O=C(O)c1cncc(NC(=O)N2CC(O)C(O)C2)c1. The number of anilines is 1. The molecule has 0 saturated carbocycles. The van der Waals surface area contributed by atoms with Crippen LogP contribution in [0.25, 0.3) is 0 Å². The van der Waals surface area contributed by atoms with Gasteiger partial charge in [0.15, 0.2) is 0 Å². The van der Waals surface area contributed by atoms with Crippen LogP contribution >= 0.6 is 0 Å². The Kier molecular flexibility index (Phi) is 3.63. The Bertz CT molecular complexity index is 497. The summed E-state index contributed by atoms with van der Waals surface area (Å²) in [5.41, 5.74) is 0.195. The Labute approximate surface area is 108 Å². The molecule has 1 aliphatic heterocycles. The molecule has 8 heteroatoms. The molecule has 0 aromatic carbocycles. The van der Waals surface area contributed by atoms with Crippen molar-refractivity contribution in [3.8, 4) is 0 Å². The topological polar surface area (TPSA) is 123 Å². The van der Waals surface area contributed by atoms with Gasteiger partial charge in [-0.3, -0.25) is 4.98 Å². The molecule has 1 aromatic heterocycles. The van der Waals surface area contributed by atoms with E-state index in [-0.39, 0.29) is 24.3 Å². The average Bonchev–Trinajstić information content (AvgIpc) is 2.70. The van der Waals surface area contributed by atoms with Crippen LogP contribution in [0.4, 0.5) is 10.5 Å². The molecule has 2 unspecified atom stereocenters. The molecule has 2 atom stereocenters. The zero-order valence-electron chi connectivity index (χ0n) is 9.85. The number of aromatic carboxylic acids is 1. The second kappa shape index (κ2) is 5.21. The first kappa shape index (κ1) is 13.2. The smallest absolute Gasteiger partial charge is 0.337 e. The van der Waals surface area contributed by atoms with Gasteiger partial charge in [0.1, 0.15) is 0 Å². The zero-order chi connectivity index (χ0) is 14.0. The molecule has 0 bridgehead atoms. The van der Waals surface area contributed by atoms with E-state index in [4.69, 9.17) is 5.11 Å². The largest absolute Gasteiger partial charge is 0.478 e. The number of aliphatic hydroxyl groups excluding tert-OH is 2. The molecule has 0 spiro atoms. The second-order valence-electron chi connectivity index (χ2n) is 4.24. The van der Waals surface area contributed by atoms with Crippen LogP contribution < -0.4 is 5.32 Å². The Morgan fingerprint density at radius 1 is 1.26 bits per heavy atom. The molecule has 19 heavy (non-hydrogen) atoms. The normalized spacial score (nSPS) is 22.3. The first-order valence-corrected chi connectivity index (χ1v) is 5.58. The lowest BCUT2D eigenvalue weighted by atomic mass is 10.2. The summed E-state index contributed by atoms with van der Waals surface area (Å²) in [6.45, 7) is 0.0537. The maximum atomic E-state index is 11.8. The fourth-order valence-corrected chi connectivity index (χ4v) is 1.76. The minimum atomic E-state index is -1.14. The van der Waals surface area contributed by atoms with E-state index in [2.05, 4.69) is 10.3 Å². The number of aliphatic hydroxyl groups is 2.